The number of piperidine rings is 1. The Kier molecular flexibility index (Phi) is 7.37. The van der Waals surface area contributed by atoms with Crippen LogP contribution in [0.3, 0.4) is 0 Å². The van der Waals surface area contributed by atoms with E-state index >= 15 is 0 Å². The first-order valence-corrected chi connectivity index (χ1v) is 11.9. The molecule has 1 aromatic heterocycles. The third-order valence-electron chi connectivity index (χ3n) is 5.83. The number of ether oxygens (including phenoxy) is 1. The molecule has 1 N–H and O–H groups in total. The van der Waals surface area contributed by atoms with E-state index < -0.39 is 36.3 Å². The Morgan fingerprint density at radius 2 is 1.88 bits per heavy atom. The first-order valence-electron chi connectivity index (χ1n) is 11.0. The molecule has 176 valence electrons. The summed E-state index contributed by atoms with van der Waals surface area (Å²) in [6.45, 7) is 1.50. The summed E-state index contributed by atoms with van der Waals surface area (Å²) in [5.74, 6) is -2.15. The van der Waals surface area contributed by atoms with Crippen LogP contribution in [-0.4, -0.2) is 24.4 Å². The van der Waals surface area contributed by atoms with Crippen LogP contribution in [0.25, 0.3) is 0 Å². The lowest BCUT2D eigenvalue weighted by molar-refractivity contribution is -0.154. The smallest absolute Gasteiger partial charge is 0.311 e. The molecule has 4 rings (SSSR count). The van der Waals surface area contributed by atoms with Gasteiger partial charge in [0.05, 0.1) is 12.0 Å². The molecule has 2 aromatic carbocycles. The van der Waals surface area contributed by atoms with Crippen molar-refractivity contribution in [3.8, 4) is 0 Å². The van der Waals surface area contributed by atoms with Gasteiger partial charge >= 0.3 is 5.97 Å². The van der Waals surface area contributed by atoms with E-state index in [1.165, 1.54) is 17.4 Å². The zero-order chi connectivity index (χ0) is 24.1. The van der Waals surface area contributed by atoms with Gasteiger partial charge < -0.3 is 15.0 Å². The van der Waals surface area contributed by atoms with Gasteiger partial charge in [-0.25, -0.2) is 4.39 Å². The van der Waals surface area contributed by atoms with Crippen molar-refractivity contribution in [3.05, 3.63) is 87.9 Å². The normalized spacial score (nSPS) is 17.9. The van der Waals surface area contributed by atoms with Crippen LogP contribution < -0.4 is 10.2 Å². The standard InChI is InChI=1S/C26H25FN2O4S/c1-17-8-10-19(11-9-17)29-24(31)13-12-20(25(29)22-7-4-14-34-22)26(32)33-16-23(30)28-15-18-5-2-3-6-21(18)27/h2-11,14,20,25H,12-13,15-16H2,1H3,(H,28,30). The number of nitrogens with zero attached hydrogens (tertiary/aromatic N) is 1. The number of amides is 2. The molecule has 1 aliphatic heterocycles. The van der Waals surface area contributed by atoms with E-state index in [4.69, 9.17) is 4.74 Å². The number of benzene rings is 2. The van der Waals surface area contributed by atoms with Crippen LogP contribution in [0, 0.1) is 18.7 Å². The highest BCUT2D eigenvalue weighted by Gasteiger charge is 2.43. The molecular formula is C26H25FN2O4S. The van der Waals surface area contributed by atoms with Gasteiger partial charge in [0.1, 0.15) is 5.82 Å². The van der Waals surface area contributed by atoms with Crippen molar-refractivity contribution in [1.82, 2.24) is 5.32 Å². The molecule has 2 unspecified atom stereocenters. The molecule has 3 aromatic rings. The van der Waals surface area contributed by atoms with Crippen molar-refractivity contribution in [2.24, 2.45) is 5.92 Å². The third kappa shape index (κ3) is 5.34. The summed E-state index contributed by atoms with van der Waals surface area (Å²) in [6, 6.07) is 17.0. The molecule has 8 heteroatoms. The quantitative estimate of drug-likeness (QED) is 0.504. The number of thiophene rings is 1. The lowest BCUT2D eigenvalue weighted by atomic mass is 9.87. The molecule has 1 saturated heterocycles. The van der Waals surface area contributed by atoms with Crippen molar-refractivity contribution in [2.45, 2.75) is 32.4 Å². The summed E-state index contributed by atoms with van der Waals surface area (Å²) in [5.41, 5.74) is 2.13. The highest BCUT2D eigenvalue weighted by Crippen LogP contribution is 2.42. The van der Waals surface area contributed by atoms with E-state index in [0.29, 0.717) is 17.7 Å². The van der Waals surface area contributed by atoms with Gasteiger partial charge in [-0.15, -0.1) is 11.3 Å². The fourth-order valence-corrected chi connectivity index (χ4v) is 4.94. The second-order valence-corrected chi connectivity index (χ2v) is 9.16. The molecule has 2 atom stereocenters. The Balaban J connectivity index is 1.46. The predicted octanol–water partition coefficient (Wildman–Crippen LogP) is 4.54. The minimum absolute atomic E-state index is 0.00000949. The fourth-order valence-electron chi connectivity index (χ4n) is 4.06. The van der Waals surface area contributed by atoms with E-state index in [1.54, 1.807) is 23.1 Å². The summed E-state index contributed by atoms with van der Waals surface area (Å²) in [4.78, 5) is 40.8. The molecule has 0 saturated carbocycles. The van der Waals surface area contributed by atoms with Crippen LogP contribution in [0.4, 0.5) is 10.1 Å². The summed E-state index contributed by atoms with van der Waals surface area (Å²) < 4.78 is 19.1. The minimum atomic E-state index is -0.614. The molecule has 6 nitrogen and oxygen atoms in total. The van der Waals surface area contributed by atoms with Crippen LogP contribution in [0.5, 0.6) is 0 Å². The van der Waals surface area contributed by atoms with Crippen molar-refractivity contribution < 1.29 is 23.5 Å². The molecule has 1 fully saturated rings. The van der Waals surface area contributed by atoms with Crippen molar-refractivity contribution in [1.29, 1.82) is 0 Å². The average molecular weight is 481 g/mol. The molecule has 0 radical (unpaired) electrons. The second kappa shape index (κ2) is 10.6. The molecular weight excluding hydrogens is 455 g/mol. The SMILES string of the molecule is Cc1ccc(N2C(=O)CCC(C(=O)OCC(=O)NCc3ccccc3F)C2c2cccs2)cc1. The van der Waals surface area contributed by atoms with Gasteiger partial charge in [0.25, 0.3) is 5.91 Å². The first-order chi connectivity index (χ1) is 16.4. The Bertz CT molecular complexity index is 1160. The monoisotopic (exact) mass is 480 g/mol. The van der Waals surface area contributed by atoms with Crippen LogP contribution in [0.15, 0.2) is 66.0 Å². The zero-order valence-corrected chi connectivity index (χ0v) is 19.5. The van der Waals surface area contributed by atoms with Gasteiger partial charge in [-0.05, 0) is 43.0 Å². The number of aryl methyl sites for hydroxylation is 1. The van der Waals surface area contributed by atoms with Crippen LogP contribution in [-0.2, 0) is 25.7 Å². The van der Waals surface area contributed by atoms with E-state index in [0.717, 1.165) is 10.4 Å². The predicted molar refractivity (Wildman–Crippen MR) is 128 cm³/mol. The van der Waals surface area contributed by atoms with E-state index in [2.05, 4.69) is 5.32 Å². The summed E-state index contributed by atoms with van der Waals surface area (Å²) in [6.07, 6.45) is 0.536. The Hall–Kier alpha value is -3.52. The molecule has 2 amide bonds. The maximum absolute atomic E-state index is 13.7. The zero-order valence-electron chi connectivity index (χ0n) is 18.7. The summed E-state index contributed by atoms with van der Waals surface area (Å²) >= 11 is 1.47. The Morgan fingerprint density at radius 3 is 2.59 bits per heavy atom. The van der Waals surface area contributed by atoms with E-state index in [-0.39, 0.29) is 18.9 Å². The third-order valence-corrected chi connectivity index (χ3v) is 6.77. The van der Waals surface area contributed by atoms with E-state index in [9.17, 15) is 18.8 Å². The number of halogens is 1. The largest absolute Gasteiger partial charge is 0.455 e. The number of nitrogens with one attached hydrogen (secondary N) is 1. The Morgan fingerprint density at radius 1 is 1.12 bits per heavy atom. The second-order valence-electron chi connectivity index (χ2n) is 8.18. The molecule has 0 aliphatic carbocycles. The lowest BCUT2D eigenvalue weighted by Crippen LogP contribution is -2.46. The van der Waals surface area contributed by atoms with E-state index in [1.807, 2.05) is 48.7 Å². The number of esters is 1. The highest BCUT2D eigenvalue weighted by molar-refractivity contribution is 7.10. The highest BCUT2D eigenvalue weighted by atomic mass is 32.1. The number of anilines is 1. The number of carbonyl (C=O) groups is 3. The maximum Gasteiger partial charge on any atom is 0.311 e. The molecule has 1 aliphatic rings. The number of rotatable bonds is 7. The first kappa shape index (κ1) is 23.6. The lowest BCUT2D eigenvalue weighted by Gasteiger charge is -2.39. The van der Waals surface area contributed by atoms with Gasteiger partial charge in [-0.2, -0.15) is 0 Å². The van der Waals surface area contributed by atoms with Gasteiger partial charge in [-0.3, -0.25) is 14.4 Å². The number of carbonyl (C=O) groups excluding carboxylic acids is 3. The molecule has 34 heavy (non-hydrogen) atoms. The summed E-state index contributed by atoms with van der Waals surface area (Å²) in [5, 5.41) is 4.47. The molecule has 2 heterocycles. The van der Waals surface area contributed by atoms with Gasteiger partial charge in [0.15, 0.2) is 6.61 Å². The van der Waals surface area contributed by atoms with Gasteiger partial charge in [0.2, 0.25) is 5.91 Å². The van der Waals surface area contributed by atoms with Gasteiger partial charge in [0, 0.05) is 29.1 Å². The Labute approximate surface area is 201 Å². The van der Waals surface area contributed by atoms with Crippen molar-refractivity contribution in [3.63, 3.8) is 0 Å². The molecule has 0 spiro atoms. The molecule has 0 bridgehead atoms. The minimum Gasteiger partial charge on any atom is -0.455 e. The topological polar surface area (TPSA) is 75.7 Å². The average Bonchev–Trinajstić information content (AvgIpc) is 3.37. The number of hydrogen-bond acceptors (Lipinski definition) is 5. The summed E-state index contributed by atoms with van der Waals surface area (Å²) in [7, 11) is 0. The fraction of sp³-hybridized carbons (Fsp3) is 0.269. The van der Waals surface area contributed by atoms with Crippen molar-refractivity contribution >= 4 is 34.8 Å². The van der Waals surface area contributed by atoms with Crippen LogP contribution >= 0.6 is 11.3 Å². The van der Waals surface area contributed by atoms with Gasteiger partial charge in [-0.1, -0.05) is 42.0 Å². The maximum atomic E-state index is 13.7. The van der Waals surface area contributed by atoms with Crippen molar-refractivity contribution in [2.75, 3.05) is 11.5 Å². The number of hydrogen-bond donors (Lipinski definition) is 1. The van der Waals surface area contributed by atoms with Crippen LogP contribution in [0.2, 0.25) is 0 Å². The van der Waals surface area contributed by atoms with Crippen LogP contribution in [0.1, 0.15) is 34.9 Å².